The molecular weight excluding hydrogens is 96.1 g/mol. The molecule has 0 unspecified atom stereocenters. The standard InChI is InChI=1S/C8H14/c1-6-8(4,5)7(2)3/h1,7H,2-5H3. The molecule has 0 aliphatic rings. The average Bonchev–Trinajstić information content (AvgIpc) is 1.67. The third-order valence-corrected chi connectivity index (χ3v) is 1.82. The van der Waals surface area contributed by atoms with Crippen LogP contribution < -0.4 is 0 Å². The van der Waals surface area contributed by atoms with E-state index in [4.69, 9.17) is 6.42 Å². The largest absolute Gasteiger partial charge is 0.120 e. The predicted octanol–water partition coefficient (Wildman–Crippen LogP) is 2.30. The molecule has 0 aromatic carbocycles. The molecule has 8 heavy (non-hydrogen) atoms. The third-order valence-electron chi connectivity index (χ3n) is 1.82. The number of rotatable bonds is 1. The van der Waals surface area contributed by atoms with Crippen molar-refractivity contribution in [1.29, 1.82) is 0 Å². The summed E-state index contributed by atoms with van der Waals surface area (Å²) >= 11 is 0. The van der Waals surface area contributed by atoms with Gasteiger partial charge in [-0.15, -0.1) is 12.3 Å². The molecule has 0 nitrogen and oxygen atoms in total. The first-order valence-electron chi connectivity index (χ1n) is 2.98. The van der Waals surface area contributed by atoms with Crippen molar-refractivity contribution in [1.82, 2.24) is 0 Å². The van der Waals surface area contributed by atoms with Crippen LogP contribution in [0.2, 0.25) is 0 Å². The van der Waals surface area contributed by atoms with E-state index >= 15 is 0 Å². The van der Waals surface area contributed by atoms with Gasteiger partial charge in [0.1, 0.15) is 0 Å². The van der Waals surface area contributed by atoms with Crippen molar-refractivity contribution in [2.75, 3.05) is 0 Å². The molecule has 0 atom stereocenters. The Labute approximate surface area is 52.3 Å². The summed E-state index contributed by atoms with van der Waals surface area (Å²) in [5.41, 5.74) is 0.0694. The Kier molecular flexibility index (Phi) is 2.10. The average molecular weight is 110 g/mol. The zero-order valence-corrected chi connectivity index (χ0v) is 6.15. The maximum Gasteiger partial charge on any atom is 0.0278 e. The Morgan fingerprint density at radius 1 is 1.38 bits per heavy atom. The minimum absolute atomic E-state index is 0.0694. The molecule has 0 spiro atoms. The van der Waals surface area contributed by atoms with Gasteiger partial charge in [0, 0.05) is 5.41 Å². The summed E-state index contributed by atoms with van der Waals surface area (Å²) in [7, 11) is 0. The van der Waals surface area contributed by atoms with Gasteiger partial charge < -0.3 is 0 Å². The maximum atomic E-state index is 5.26. The summed E-state index contributed by atoms with van der Waals surface area (Å²) in [6.45, 7) is 8.44. The fourth-order valence-electron chi connectivity index (χ4n) is 0.167. The summed E-state index contributed by atoms with van der Waals surface area (Å²) in [4.78, 5) is 0. The van der Waals surface area contributed by atoms with Crippen LogP contribution in [0.3, 0.4) is 0 Å². The highest BCUT2D eigenvalue weighted by Gasteiger charge is 2.17. The van der Waals surface area contributed by atoms with Crippen LogP contribution in [0, 0.1) is 23.7 Å². The van der Waals surface area contributed by atoms with Gasteiger partial charge in [-0.1, -0.05) is 13.8 Å². The molecular formula is C8H14. The first-order valence-corrected chi connectivity index (χ1v) is 2.98. The second-order valence-electron chi connectivity index (χ2n) is 3.02. The van der Waals surface area contributed by atoms with Crippen molar-refractivity contribution in [3.63, 3.8) is 0 Å². The van der Waals surface area contributed by atoms with Crippen LogP contribution in [0.4, 0.5) is 0 Å². The molecule has 0 rings (SSSR count). The monoisotopic (exact) mass is 110 g/mol. The molecule has 0 saturated carbocycles. The van der Waals surface area contributed by atoms with Crippen molar-refractivity contribution in [2.45, 2.75) is 27.7 Å². The van der Waals surface area contributed by atoms with E-state index in [-0.39, 0.29) is 5.41 Å². The molecule has 0 radical (unpaired) electrons. The number of terminal acetylenes is 1. The Hall–Kier alpha value is -0.440. The van der Waals surface area contributed by atoms with Crippen molar-refractivity contribution < 1.29 is 0 Å². The van der Waals surface area contributed by atoms with Gasteiger partial charge in [-0.3, -0.25) is 0 Å². The lowest BCUT2D eigenvalue weighted by Gasteiger charge is -2.21. The van der Waals surface area contributed by atoms with Crippen molar-refractivity contribution >= 4 is 0 Å². The lowest BCUT2D eigenvalue weighted by Crippen LogP contribution is -2.15. The fraction of sp³-hybridized carbons (Fsp3) is 0.750. The quantitative estimate of drug-likeness (QED) is 0.454. The topological polar surface area (TPSA) is 0 Å². The second kappa shape index (κ2) is 2.22. The summed E-state index contributed by atoms with van der Waals surface area (Å²) in [5, 5.41) is 0. The van der Waals surface area contributed by atoms with Crippen LogP contribution in [-0.2, 0) is 0 Å². The van der Waals surface area contributed by atoms with Gasteiger partial charge in [-0.25, -0.2) is 0 Å². The van der Waals surface area contributed by atoms with Gasteiger partial charge in [0.2, 0.25) is 0 Å². The molecule has 0 aromatic heterocycles. The number of hydrogen-bond acceptors (Lipinski definition) is 0. The number of hydrogen-bond donors (Lipinski definition) is 0. The van der Waals surface area contributed by atoms with Crippen LogP contribution in [0.1, 0.15) is 27.7 Å². The third kappa shape index (κ3) is 1.58. The molecule has 0 aliphatic carbocycles. The minimum Gasteiger partial charge on any atom is -0.120 e. The molecule has 0 N–H and O–H groups in total. The van der Waals surface area contributed by atoms with Crippen LogP contribution >= 0.6 is 0 Å². The highest BCUT2D eigenvalue weighted by Crippen LogP contribution is 2.23. The first-order chi connectivity index (χ1) is 3.50. The van der Waals surface area contributed by atoms with Crippen molar-refractivity contribution in [3.8, 4) is 12.3 Å². The molecule has 0 aromatic rings. The zero-order valence-electron chi connectivity index (χ0n) is 6.15. The lowest BCUT2D eigenvalue weighted by molar-refractivity contribution is 0.350. The SMILES string of the molecule is C#CC(C)(C)C(C)C. The smallest absolute Gasteiger partial charge is 0.0278 e. The zero-order chi connectivity index (χ0) is 6.78. The summed E-state index contributed by atoms with van der Waals surface area (Å²) in [5.74, 6) is 3.32. The minimum atomic E-state index is 0.0694. The maximum absolute atomic E-state index is 5.26. The highest BCUT2D eigenvalue weighted by atomic mass is 14.2. The van der Waals surface area contributed by atoms with Crippen molar-refractivity contribution in [3.05, 3.63) is 0 Å². The molecule has 0 aliphatic heterocycles. The van der Waals surface area contributed by atoms with Crippen molar-refractivity contribution in [2.24, 2.45) is 11.3 Å². The Morgan fingerprint density at radius 2 is 1.75 bits per heavy atom. The van der Waals surface area contributed by atoms with Crippen LogP contribution in [-0.4, -0.2) is 0 Å². The van der Waals surface area contributed by atoms with Crippen LogP contribution in [0.15, 0.2) is 0 Å². The first kappa shape index (κ1) is 7.56. The molecule has 0 heterocycles. The van der Waals surface area contributed by atoms with E-state index in [1.54, 1.807) is 0 Å². The molecule has 0 saturated heterocycles. The summed E-state index contributed by atoms with van der Waals surface area (Å²) in [6, 6.07) is 0. The molecule has 0 amide bonds. The van der Waals surface area contributed by atoms with Gasteiger partial charge in [0.15, 0.2) is 0 Å². The summed E-state index contributed by atoms with van der Waals surface area (Å²) in [6.07, 6.45) is 5.26. The van der Waals surface area contributed by atoms with Crippen LogP contribution in [0.5, 0.6) is 0 Å². The normalized spacial score (nSPS) is 11.5. The molecule has 0 heteroatoms. The fourth-order valence-corrected chi connectivity index (χ4v) is 0.167. The van der Waals surface area contributed by atoms with Gasteiger partial charge in [0.25, 0.3) is 0 Å². The van der Waals surface area contributed by atoms with Gasteiger partial charge in [-0.2, -0.15) is 0 Å². The predicted molar refractivity (Wildman–Crippen MR) is 37.5 cm³/mol. The van der Waals surface area contributed by atoms with E-state index in [2.05, 4.69) is 33.6 Å². The van der Waals surface area contributed by atoms with E-state index in [9.17, 15) is 0 Å². The second-order valence-corrected chi connectivity index (χ2v) is 3.02. The van der Waals surface area contributed by atoms with Crippen LogP contribution in [0.25, 0.3) is 0 Å². The van der Waals surface area contributed by atoms with E-state index in [1.807, 2.05) is 0 Å². The summed E-state index contributed by atoms with van der Waals surface area (Å²) < 4.78 is 0. The van der Waals surface area contributed by atoms with E-state index in [0.29, 0.717) is 5.92 Å². The van der Waals surface area contributed by atoms with E-state index in [1.165, 1.54) is 0 Å². The van der Waals surface area contributed by atoms with E-state index < -0.39 is 0 Å². The van der Waals surface area contributed by atoms with Gasteiger partial charge >= 0.3 is 0 Å². The van der Waals surface area contributed by atoms with E-state index in [0.717, 1.165) is 0 Å². The molecule has 46 valence electrons. The highest BCUT2D eigenvalue weighted by molar-refractivity contribution is 5.01. The Balaban J connectivity index is 3.97. The lowest BCUT2D eigenvalue weighted by atomic mass is 9.82. The van der Waals surface area contributed by atoms with Gasteiger partial charge in [-0.05, 0) is 19.8 Å². The Morgan fingerprint density at radius 3 is 1.75 bits per heavy atom. The molecule has 0 bridgehead atoms. The molecule has 0 fully saturated rings. The van der Waals surface area contributed by atoms with Gasteiger partial charge in [0.05, 0.1) is 0 Å². The Bertz CT molecular complexity index is 102.